The summed E-state index contributed by atoms with van der Waals surface area (Å²) in [4.78, 5) is 27.1. The van der Waals surface area contributed by atoms with E-state index in [1.165, 1.54) is 6.92 Å². The predicted molar refractivity (Wildman–Crippen MR) is 88.7 cm³/mol. The van der Waals surface area contributed by atoms with Crippen molar-refractivity contribution in [2.75, 3.05) is 33.7 Å². The molecule has 0 bridgehead atoms. The fourth-order valence-corrected chi connectivity index (χ4v) is 2.12. The summed E-state index contributed by atoms with van der Waals surface area (Å²) in [5, 5.41) is 3.47. The normalized spacial score (nSPS) is 10.6. The molecule has 0 saturated carbocycles. The average Bonchev–Trinajstić information content (AvgIpc) is 2.44. The Labute approximate surface area is 137 Å². The first-order valence-electron chi connectivity index (χ1n) is 7.30. The van der Waals surface area contributed by atoms with E-state index in [0.717, 1.165) is 12.1 Å². The van der Waals surface area contributed by atoms with Gasteiger partial charge in [-0.3, -0.25) is 9.59 Å². The molecule has 122 valence electrons. The molecule has 0 radical (unpaired) electrons. The number of hydrogen-bond donors (Lipinski definition) is 1. The monoisotopic (exact) mass is 325 g/mol. The molecule has 1 aromatic carbocycles. The van der Waals surface area contributed by atoms with Crippen LogP contribution in [0.3, 0.4) is 0 Å². The van der Waals surface area contributed by atoms with Crippen molar-refractivity contribution in [2.24, 2.45) is 0 Å². The minimum absolute atomic E-state index is 0.0488. The maximum atomic E-state index is 11.8. The number of nitrogens with one attached hydrogen (secondary N) is 1. The van der Waals surface area contributed by atoms with E-state index in [1.807, 2.05) is 37.2 Å². The Kier molecular flexibility index (Phi) is 7.91. The van der Waals surface area contributed by atoms with Gasteiger partial charge in [0.05, 0.1) is 0 Å². The zero-order valence-electron chi connectivity index (χ0n) is 13.4. The maximum Gasteiger partial charge on any atom is 0.221 e. The molecule has 0 aliphatic heterocycles. The molecule has 0 heterocycles. The predicted octanol–water partition coefficient (Wildman–Crippen LogP) is 1.76. The first kappa shape index (κ1) is 18.5. The van der Waals surface area contributed by atoms with E-state index >= 15 is 0 Å². The molecule has 5 nitrogen and oxygen atoms in total. The van der Waals surface area contributed by atoms with Gasteiger partial charge in [0.2, 0.25) is 11.8 Å². The molecule has 0 aromatic heterocycles. The van der Waals surface area contributed by atoms with E-state index in [0.29, 0.717) is 24.7 Å². The highest BCUT2D eigenvalue weighted by Crippen LogP contribution is 2.17. The van der Waals surface area contributed by atoms with Crippen LogP contribution < -0.4 is 5.32 Å². The van der Waals surface area contributed by atoms with Gasteiger partial charge in [-0.2, -0.15) is 0 Å². The van der Waals surface area contributed by atoms with Gasteiger partial charge in [-0.1, -0.05) is 29.8 Å². The number of hydrogen-bond acceptors (Lipinski definition) is 3. The Morgan fingerprint density at radius 2 is 1.86 bits per heavy atom. The van der Waals surface area contributed by atoms with Gasteiger partial charge in [0.25, 0.3) is 0 Å². The molecule has 6 heteroatoms. The molecule has 1 N–H and O–H groups in total. The van der Waals surface area contributed by atoms with E-state index < -0.39 is 0 Å². The molecule has 0 spiro atoms. The summed E-state index contributed by atoms with van der Waals surface area (Å²) in [6, 6.07) is 7.41. The van der Waals surface area contributed by atoms with Gasteiger partial charge in [-0.25, -0.2) is 0 Å². The van der Waals surface area contributed by atoms with E-state index in [9.17, 15) is 9.59 Å². The van der Waals surface area contributed by atoms with Gasteiger partial charge in [0.1, 0.15) is 0 Å². The summed E-state index contributed by atoms with van der Waals surface area (Å²) in [7, 11) is 3.90. The molecule has 0 aliphatic rings. The molecule has 0 unspecified atom stereocenters. The van der Waals surface area contributed by atoms with Gasteiger partial charge < -0.3 is 15.1 Å². The SMILES string of the molecule is CC(=O)N(CCC(=O)NCCN(C)C)Cc1ccccc1Cl. The van der Waals surface area contributed by atoms with E-state index in [2.05, 4.69) is 5.32 Å². The van der Waals surface area contributed by atoms with Gasteiger partial charge in [0.15, 0.2) is 0 Å². The van der Waals surface area contributed by atoms with Gasteiger partial charge >= 0.3 is 0 Å². The van der Waals surface area contributed by atoms with Crippen molar-refractivity contribution in [1.82, 2.24) is 15.1 Å². The van der Waals surface area contributed by atoms with Crippen molar-refractivity contribution in [3.05, 3.63) is 34.9 Å². The summed E-state index contributed by atoms with van der Waals surface area (Å²) in [6.07, 6.45) is 0.289. The molecule has 0 atom stereocenters. The smallest absolute Gasteiger partial charge is 0.221 e. The molecular weight excluding hydrogens is 302 g/mol. The summed E-state index contributed by atoms with van der Waals surface area (Å²) >= 11 is 6.11. The van der Waals surface area contributed by atoms with Crippen LogP contribution in [0.1, 0.15) is 18.9 Å². The third kappa shape index (κ3) is 6.91. The van der Waals surface area contributed by atoms with E-state index in [4.69, 9.17) is 11.6 Å². The molecule has 0 saturated heterocycles. The summed E-state index contributed by atoms with van der Waals surface area (Å²) < 4.78 is 0. The Morgan fingerprint density at radius 1 is 1.18 bits per heavy atom. The van der Waals surface area contributed by atoms with Crippen molar-refractivity contribution >= 4 is 23.4 Å². The van der Waals surface area contributed by atoms with Crippen molar-refractivity contribution in [3.8, 4) is 0 Å². The molecule has 0 fully saturated rings. The Balaban J connectivity index is 2.46. The summed E-state index contributed by atoms with van der Waals surface area (Å²) in [5.41, 5.74) is 0.882. The number of carbonyl (C=O) groups excluding carboxylic acids is 2. The first-order valence-corrected chi connectivity index (χ1v) is 7.68. The number of amides is 2. The highest BCUT2D eigenvalue weighted by atomic mass is 35.5. The quantitative estimate of drug-likeness (QED) is 0.792. The van der Waals surface area contributed by atoms with Crippen molar-refractivity contribution in [2.45, 2.75) is 19.9 Å². The standard InChI is InChI=1S/C16H24ClN3O2/c1-13(21)20(12-14-6-4-5-7-15(14)17)10-8-16(22)18-9-11-19(2)3/h4-7H,8-12H2,1-3H3,(H,18,22). The van der Waals surface area contributed by atoms with Crippen LogP contribution in [-0.2, 0) is 16.1 Å². The second-order valence-corrected chi connectivity index (χ2v) is 5.84. The minimum Gasteiger partial charge on any atom is -0.355 e. The first-order chi connectivity index (χ1) is 10.4. The summed E-state index contributed by atoms with van der Waals surface area (Å²) in [5.74, 6) is -0.117. The third-order valence-electron chi connectivity index (χ3n) is 3.25. The highest BCUT2D eigenvalue weighted by molar-refractivity contribution is 6.31. The lowest BCUT2D eigenvalue weighted by Crippen LogP contribution is -2.35. The van der Waals surface area contributed by atoms with Gasteiger partial charge in [0, 0.05) is 44.5 Å². The van der Waals surface area contributed by atoms with Gasteiger partial charge in [-0.15, -0.1) is 0 Å². The van der Waals surface area contributed by atoms with Crippen LogP contribution in [-0.4, -0.2) is 55.3 Å². The van der Waals surface area contributed by atoms with Crippen molar-refractivity contribution in [1.29, 1.82) is 0 Å². The number of carbonyl (C=O) groups is 2. The Morgan fingerprint density at radius 3 is 2.45 bits per heavy atom. The van der Waals surface area contributed by atoms with Crippen LogP contribution in [0, 0.1) is 0 Å². The summed E-state index contributed by atoms with van der Waals surface area (Å²) in [6.45, 7) is 3.70. The number of nitrogens with zero attached hydrogens (tertiary/aromatic N) is 2. The fraction of sp³-hybridized carbons (Fsp3) is 0.500. The molecule has 1 aromatic rings. The molecule has 0 aliphatic carbocycles. The van der Waals surface area contributed by atoms with Crippen LogP contribution in [0.5, 0.6) is 0 Å². The second-order valence-electron chi connectivity index (χ2n) is 5.44. The molecule has 22 heavy (non-hydrogen) atoms. The lowest BCUT2D eigenvalue weighted by molar-refractivity contribution is -0.130. The fourth-order valence-electron chi connectivity index (χ4n) is 1.92. The number of likely N-dealkylation sites (N-methyl/N-ethyl adjacent to an activating group) is 1. The van der Waals surface area contributed by atoms with Crippen LogP contribution in [0.2, 0.25) is 5.02 Å². The zero-order chi connectivity index (χ0) is 16.5. The van der Waals surface area contributed by atoms with Crippen molar-refractivity contribution in [3.63, 3.8) is 0 Å². The lowest BCUT2D eigenvalue weighted by Gasteiger charge is -2.21. The van der Waals surface area contributed by atoms with E-state index in [1.54, 1.807) is 11.0 Å². The topological polar surface area (TPSA) is 52.7 Å². The zero-order valence-corrected chi connectivity index (χ0v) is 14.2. The number of benzene rings is 1. The van der Waals surface area contributed by atoms with Crippen LogP contribution in [0.15, 0.2) is 24.3 Å². The Hall–Kier alpha value is -1.59. The molecule has 2 amide bonds. The van der Waals surface area contributed by atoms with Crippen LogP contribution >= 0.6 is 11.6 Å². The average molecular weight is 326 g/mol. The molecular formula is C16H24ClN3O2. The number of rotatable bonds is 8. The number of halogens is 1. The minimum atomic E-state index is -0.0685. The largest absolute Gasteiger partial charge is 0.355 e. The van der Waals surface area contributed by atoms with Crippen LogP contribution in [0.25, 0.3) is 0 Å². The van der Waals surface area contributed by atoms with Crippen molar-refractivity contribution < 1.29 is 9.59 Å². The molecule has 1 rings (SSSR count). The van der Waals surface area contributed by atoms with Gasteiger partial charge in [-0.05, 0) is 25.7 Å². The van der Waals surface area contributed by atoms with E-state index in [-0.39, 0.29) is 18.2 Å². The maximum absolute atomic E-state index is 11.8. The Bertz CT molecular complexity index is 506. The third-order valence-corrected chi connectivity index (χ3v) is 3.62. The second kappa shape index (κ2) is 9.43. The van der Waals surface area contributed by atoms with Crippen LogP contribution in [0.4, 0.5) is 0 Å². The highest BCUT2D eigenvalue weighted by Gasteiger charge is 2.13. The lowest BCUT2D eigenvalue weighted by atomic mass is 10.2.